The molecular formula is C21H21NO4S. The van der Waals surface area contributed by atoms with Crippen LogP contribution in [0.25, 0.3) is 11.1 Å². The van der Waals surface area contributed by atoms with Crippen LogP contribution in [-0.4, -0.2) is 45.3 Å². The predicted octanol–water partition coefficient (Wildman–Crippen LogP) is 4.17. The van der Waals surface area contributed by atoms with Crippen LogP contribution in [0.2, 0.25) is 0 Å². The van der Waals surface area contributed by atoms with Crippen molar-refractivity contribution >= 4 is 23.8 Å². The van der Waals surface area contributed by atoms with E-state index in [2.05, 4.69) is 24.3 Å². The van der Waals surface area contributed by atoms with Gasteiger partial charge >= 0.3 is 12.1 Å². The summed E-state index contributed by atoms with van der Waals surface area (Å²) in [4.78, 5) is 25.1. The average molecular weight is 383 g/mol. The van der Waals surface area contributed by atoms with Gasteiger partial charge in [0.2, 0.25) is 0 Å². The van der Waals surface area contributed by atoms with Gasteiger partial charge in [-0.15, -0.1) is 11.8 Å². The molecule has 1 saturated heterocycles. The van der Waals surface area contributed by atoms with Crippen molar-refractivity contribution in [3.05, 3.63) is 59.7 Å². The van der Waals surface area contributed by atoms with Crippen LogP contribution < -0.4 is 0 Å². The second kappa shape index (κ2) is 6.60. The first-order valence-electron chi connectivity index (χ1n) is 8.91. The SMILES string of the molecule is CC1(C)SC[C@@H](C(=O)O)N1C(=O)OCC1c2ccccc2-c2ccccc21. The summed E-state index contributed by atoms with van der Waals surface area (Å²) in [5, 5.41) is 9.44. The third kappa shape index (κ3) is 2.98. The van der Waals surface area contributed by atoms with Crippen molar-refractivity contribution in [3.63, 3.8) is 0 Å². The summed E-state index contributed by atoms with van der Waals surface area (Å²) in [7, 11) is 0. The number of carbonyl (C=O) groups is 2. The minimum atomic E-state index is -0.999. The number of hydrogen-bond acceptors (Lipinski definition) is 4. The Morgan fingerprint density at radius 3 is 2.22 bits per heavy atom. The molecule has 1 N–H and O–H groups in total. The molecule has 2 aromatic rings. The van der Waals surface area contributed by atoms with E-state index in [9.17, 15) is 14.7 Å². The zero-order valence-corrected chi connectivity index (χ0v) is 16.0. The number of fused-ring (bicyclic) bond motifs is 3. The average Bonchev–Trinajstić information content (AvgIpc) is 3.14. The minimum absolute atomic E-state index is 0.0389. The van der Waals surface area contributed by atoms with E-state index in [1.165, 1.54) is 16.7 Å². The number of ether oxygens (including phenoxy) is 1. The molecule has 1 aliphatic heterocycles. The summed E-state index contributed by atoms with van der Waals surface area (Å²) in [5.41, 5.74) is 4.59. The number of benzene rings is 2. The highest BCUT2D eigenvalue weighted by Gasteiger charge is 2.48. The van der Waals surface area contributed by atoms with Crippen LogP contribution in [0.5, 0.6) is 0 Å². The smallest absolute Gasteiger partial charge is 0.411 e. The fourth-order valence-electron chi connectivity index (χ4n) is 3.99. The molecule has 0 spiro atoms. The Hall–Kier alpha value is -2.47. The number of carbonyl (C=O) groups excluding carboxylic acids is 1. The van der Waals surface area contributed by atoms with Gasteiger partial charge in [-0.2, -0.15) is 0 Å². The molecule has 0 aromatic heterocycles. The lowest BCUT2D eigenvalue weighted by molar-refractivity contribution is -0.142. The summed E-state index contributed by atoms with van der Waals surface area (Å²) in [5.74, 6) is -0.670. The van der Waals surface area contributed by atoms with Gasteiger partial charge in [0.25, 0.3) is 0 Å². The van der Waals surface area contributed by atoms with Crippen molar-refractivity contribution < 1.29 is 19.4 Å². The Balaban J connectivity index is 1.57. The highest BCUT2D eigenvalue weighted by Crippen LogP contribution is 2.45. The first-order valence-corrected chi connectivity index (χ1v) is 9.90. The maximum atomic E-state index is 12.8. The Morgan fingerprint density at radius 2 is 1.67 bits per heavy atom. The predicted molar refractivity (Wildman–Crippen MR) is 105 cm³/mol. The third-order valence-electron chi connectivity index (χ3n) is 5.30. The molecule has 1 heterocycles. The van der Waals surface area contributed by atoms with E-state index in [4.69, 9.17) is 4.74 Å². The number of aliphatic carboxylic acids is 1. The Labute approximate surface area is 162 Å². The van der Waals surface area contributed by atoms with Gasteiger partial charge in [0.15, 0.2) is 0 Å². The number of hydrogen-bond donors (Lipinski definition) is 1. The summed E-state index contributed by atoms with van der Waals surface area (Å²) < 4.78 is 5.65. The van der Waals surface area contributed by atoms with Crippen molar-refractivity contribution in [1.82, 2.24) is 4.90 Å². The van der Waals surface area contributed by atoms with E-state index < -0.39 is 23.0 Å². The van der Waals surface area contributed by atoms with Crippen LogP contribution >= 0.6 is 11.8 Å². The van der Waals surface area contributed by atoms with Crippen LogP contribution in [0.4, 0.5) is 4.79 Å². The van der Waals surface area contributed by atoms with Gasteiger partial charge in [0, 0.05) is 11.7 Å². The molecule has 1 aliphatic carbocycles. The molecule has 0 radical (unpaired) electrons. The van der Waals surface area contributed by atoms with Crippen LogP contribution in [0.3, 0.4) is 0 Å². The molecular weight excluding hydrogens is 362 g/mol. The molecule has 140 valence electrons. The van der Waals surface area contributed by atoms with Crippen molar-refractivity contribution in [3.8, 4) is 11.1 Å². The molecule has 2 aromatic carbocycles. The number of nitrogens with zero attached hydrogens (tertiary/aromatic N) is 1. The van der Waals surface area contributed by atoms with Gasteiger partial charge in [-0.3, -0.25) is 4.90 Å². The molecule has 2 aliphatic rings. The summed E-state index contributed by atoms with van der Waals surface area (Å²) in [6.07, 6.45) is -0.570. The van der Waals surface area contributed by atoms with Crippen molar-refractivity contribution in [2.24, 2.45) is 0 Å². The summed E-state index contributed by atoms with van der Waals surface area (Å²) in [6.45, 7) is 3.89. The fraction of sp³-hybridized carbons (Fsp3) is 0.333. The van der Waals surface area contributed by atoms with Crippen molar-refractivity contribution in [1.29, 1.82) is 0 Å². The molecule has 4 rings (SSSR count). The Kier molecular flexibility index (Phi) is 4.38. The number of amides is 1. The highest BCUT2D eigenvalue weighted by atomic mass is 32.2. The van der Waals surface area contributed by atoms with Gasteiger partial charge < -0.3 is 9.84 Å². The first kappa shape index (κ1) is 17.9. The van der Waals surface area contributed by atoms with Crippen molar-refractivity contribution in [2.45, 2.75) is 30.7 Å². The molecule has 0 bridgehead atoms. The minimum Gasteiger partial charge on any atom is -0.480 e. The zero-order chi connectivity index (χ0) is 19.2. The summed E-state index contributed by atoms with van der Waals surface area (Å²) >= 11 is 1.45. The molecule has 0 saturated carbocycles. The van der Waals surface area contributed by atoms with Crippen LogP contribution in [0, 0.1) is 0 Å². The number of carboxylic acid groups (broad SMARTS) is 1. The van der Waals surface area contributed by atoms with E-state index in [1.807, 2.05) is 38.1 Å². The van der Waals surface area contributed by atoms with Gasteiger partial charge in [-0.1, -0.05) is 48.5 Å². The Bertz CT molecular complexity index is 865. The second-order valence-corrected chi connectivity index (χ2v) is 8.91. The van der Waals surface area contributed by atoms with Gasteiger partial charge in [-0.05, 0) is 36.1 Å². The Morgan fingerprint density at radius 1 is 1.11 bits per heavy atom. The van der Waals surface area contributed by atoms with Gasteiger partial charge in [0.05, 0.1) is 4.87 Å². The molecule has 27 heavy (non-hydrogen) atoms. The molecule has 5 nitrogen and oxygen atoms in total. The van der Waals surface area contributed by atoms with Crippen LogP contribution in [-0.2, 0) is 9.53 Å². The maximum Gasteiger partial charge on any atom is 0.411 e. The monoisotopic (exact) mass is 383 g/mol. The van der Waals surface area contributed by atoms with Crippen molar-refractivity contribution in [2.75, 3.05) is 12.4 Å². The lowest BCUT2D eigenvalue weighted by Gasteiger charge is -2.32. The van der Waals surface area contributed by atoms with E-state index in [-0.39, 0.29) is 12.5 Å². The topological polar surface area (TPSA) is 66.8 Å². The van der Waals surface area contributed by atoms with E-state index >= 15 is 0 Å². The van der Waals surface area contributed by atoms with E-state index in [1.54, 1.807) is 0 Å². The molecule has 1 atom stereocenters. The zero-order valence-electron chi connectivity index (χ0n) is 15.2. The molecule has 1 fully saturated rings. The van der Waals surface area contributed by atoms with Crippen LogP contribution in [0.1, 0.15) is 30.9 Å². The largest absolute Gasteiger partial charge is 0.480 e. The lowest BCUT2D eigenvalue weighted by Crippen LogP contribution is -2.50. The van der Waals surface area contributed by atoms with E-state index in [0.29, 0.717) is 5.75 Å². The third-order valence-corrected chi connectivity index (χ3v) is 6.69. The second-order valence-electron chi connectivity index (χ2n) is 7.29. The number of carboxylic acids is 1. The maximum absolute atomic E-state index is 12.8. The van der Waals surface area contributed by atoms with Gasteiger partial charge in [-0.25, -0.2) is 9.59 Å². The standard InChI is InChI=1S/C21H21NO4S/c1-21(2)22(18(12-27-21)19(23)24)20(25)26-11-17-15-9-5-3-7-13(15)14-8-4-6-10-16(14)17/h3-10,17-18H,11-12H2,1-2H3,(H,23,24)/t18-/m0/s1. The lowest BCUT2D eigenvalue weighted by atomic mass is 9.98. The fourth-order valence-corrected chi connectivity index (χ4v) is 5.19. The van der Waals surface area contributed by atoms with Gasteiger partial charge in [0.1, 0.15) is 12.6 Å². The quantitative estimate of drug-likeness (QED) is 0.861. The summed E-state index contributed by atoms with van der Waals surface area (Å²) in [6, 6.07) is 15.4. The van der Waals surface area contributed by atoms with E-state index in [0.717, 1.165) is 22.3 Å². The van der Waals surface area contributed by atoms with Crippen LogP contribution in [0.15, 0.2) is 48.5 Å². The molecule has 1 amide bonds. The number of thioether (sulfide) groups is 1. The molecule has 6 heteroatoms. The first-order chi connectivity index (χ1) is 12.9. The highest BCUT2D eigenvalue weighted by molar-refractivity contribution is 8.00. The number of rotatable bonds is 3. The molecule has 0 unspecified atom stereocenters. The normalized spacial score (nSPS) is 20.2.